The highest BCUT2D eigenvalue weighted by atomic mass is 79.9. The van der Waals surface area contributed by atoms with Gasteiger partial charge in [0.2, 0.25) is 0 Å². The average Bonchev–Trinajstić information content (AvgIpc) is 2.63. The molecule has 0 saturated heterocycles. The Morgan fingerprint density at radius 3 is 2.67 bits per heavy atom. The third-order valence-electron chi connectivity index (χ3n) is 2.28. The van der Waals surface area contributed by atoms with Crippen LogP contribution in [0.1, 0.15) is 45.4 Å². The maximum Gasteiger partial charge on any atom is 0.183 e. The number of thiazole rings is 1. The van der Waals surface area contributed by atoms with Gasteiger partial charge < -0.3 is 5.32 Å². The van der Waals surface area contributed by atoms with E-state index < -0.39 is 0 Å². The molecule has 1 heterocycles. The first-order valence-corrected chi connectivity index (χ1v) is 7.35. The first-order chi connectivity index (χ1) is 7.33. The normalized spacial score (nSPS) is 10.5. The third kappa shape index (κ3) is 6.15. The number of rotatable bonds is 8. The van der Waals surface area contributed by atoms with Crippen LogP contribution in [0, 0.1) is 0 Å². The number of hydrogen-bond acceptors (Lipinski definition) is 3. The molecule has 0 atom stereocenters. The van der Waals surface area contributed by atoms with Gasteiger partial charge in [-0.05, 0) is 22.4 Å². The minimum atomic E-state index is 0.929. The highest BCUT2D eigenvalue weighted by molar-refractivity contribution is 9.10. The van der Waals surface area contributed by atoms with Crippen LogP contribution in [0.5, 0.6) is 0 Å². The number of nitrogens with zero attached hydrogens (tertiary/aromatic N) is 1. The van der Waals surface area contributed by atoms with Crippen molar-refractivity contribution in [3.05, 3.63) is 9.98 Å². The summed E-state index contributed by atoms with van der Waals surface area (Å²) in [4.78, 5) is 4.28. The average molecular weight is 291 g/mol. The molecular formula is C11H19BrN2S. The minimum absolute atomic E-state index is 0.929. The van der Waals surface area contributed by atoms with E-state index in [0.717, 1.165) is 16.3 Å². The summed E-state index contributed by atoms with van der Waals surface area (Å²) in [5.74, 6) is 0. The van der Waals surface area contributed by atoms with Crippen LogP contribution in [-0.4, -0.2) is 11.5 Å². The largest absolute Gasteiger partial charge is 0.361 e. The number of anilines is 1. The van der Waals surface area contributed by atoms with E-state index in [-0.39, 0.29) is 0 Å². The maximum atomic E-state index is 4.28. The van der Waals surface area contributed by atoms with Gasteiger partial charge >= 0.3 is 0 Å². The van der Waals surface area contributed by atoms with Crippen molar-refractivity contribution in [2.75, 3.05) is 11.9 Å². The summed E-state index contributed by atoms with van der Waals surface area (Å²) in [5.41, 5.74) is 0. The van der Waals surface area contributed by atoms with Crippen LogP contribution in [0.15, 0.2) is 9.98 Å². The molecular weight excluding hydrogens is 272 g/mol. The van der Waals surface area contributed by atoms with Gasteiger partial charge in [-0.25, -0.2) is 4.98 Å². The van der Waals surface area contributed by atoms with Crippen molar-refractivity contribution in [3.8, 4) is 0 Å². The zero-order valence-electron chi connectivity index (χ0n) is 9.26. The number of unbranched alkanes of at least 4 members (excludes halogenated alkanes) is 5. The lowest BCUT2D eigenvalue weighted by Crippen LogP contribution is -2.00. The summed E-state index contributed by atoms with van der Waals surface area (Å²) in [6, 6.07) is 0. The van der Waals surface area contributed by atoms with Crippen molar-refractivity contribution in [1.29, 1.82) is 0 Å². The molecule has 0 spiro atoms. The van der Waals surface area contributed by atoms with Crippen LogP contribution < -0.4 is 5.32 Å². The van der Waals surface area contributed by atoms with Crippen LogP contribution in [0.3, 0.4) is 0 Å². The van der Waals surface area contributed by atoms with E-state index in [2.05, 4.69) is 33.2 Å². The standard InChI is InChI=1S/C11H19BrN2S/c1-2-3-4-5-6-7-8-13-11-14-10(12)9-15-11/h9H,2-8H2,1H3,(H,13,14). The lowest BCUT2D eigenvalue weighted by atomic mass is 10.1. The van der Waals surface area contributed by atoms with Crippen LogP contribution in [-0.2, 0) is 0 Å². The summed E-state index contributed by atoms with van der Waals surface area (Å²) in [5, 5.41) is 6.36. The topological polar surface area (TPSA) is 24.9 Å². The van der Waals surface area contributed by atoms with Crippen LogP contribution in [0.2, 0.25) is 0 Å². The Balaban J connectivity index is 1.93. The fourth-order valence-electron chi connectivity index (χ4n) is 1.44. The highest BCUT2D eigenvalue weighted by Gasteiger charge is 1.97. The smallest absolute Gasteiger partial charge is 0.183 e. The van der Waals surface area contributed by atoms with E-state index in [9.17, 15) is 0 Å². The first-order valence-electron chi connectivity index (χ1n) is 5.68. The van der Waals surface area contributed by atoms with Crippen molar-refractivity contribution in [2.45, 2.75) is 45.4 Å². The van der Waals surface area contributed by atoms with Gasteiger partial charge in [0.05, 0.1) is 0 Å². The quantitative estimate of drug-likeness (QED) is 0.703. The molecule has 0 aliphatic heterocycles. The molecule has 0 bridgehead atoms. The van der Waals surface area contributed by atoms with Crippen molar-refractivity contribution in [1.82, 2.24) is 4.98 Å². The Kier molecular flexibility index (Phi) is 7.01. The molecule has 0 aromatic carbocycles. The van der Waals surface area contributed by atoms with Gasteiger partial charge in [0.1, 0.15) is 4.60 Å². The molecule has 0 aliphatic carbocycles. The summed E-state index contributed by atoms with van der Waals surface area (Å²) in [7, 11) is 0. The van der Waals surface area contributed by atoms with E-state index in [1.165, 1.54) is 38.5 Å². The predicted octanol–water partition coefficient (Wildman–Crippen LogP) is 4.68. The molecule has 0 radical (unpaired) electrons. The monoisotopic (exact) mass is 290 g/mol. The molecule has 1 N–H and O–H groups in total. The highest BCUT2D eigenvalue weighted by Crippen LogP contribution is 2.19. The van der Waals surface area contributed by atoms with Crippen LogP contribution >= 0.6 is 27.3 Å². The Labute approximate surface area is 105 Å². The zero-order chi connectivity index (χ0) is 10.9. The van der Waals surface area contributed by atoms with E-state index in [4.69, 9.17) is 0 Å². The molecule has 0 unspecified atom stereocenters. The van der Waals surface area contributed by atoms with E-state index >= 15 is 0 Å². The molecule has 1 aromatic rings. The molecule has 0 amide bonds. The Bertz CT molecular complexity index is 263. The van der Waals surface area contributed by atoms with Gasteiger partial charge in [-0.2, -0.15) is 0 Å². The number of aromatic nitrogens is 1. The van der Waals surface area contributed by atoms with Crippen LogP contribution in [0.25, 0.3) is 0 Å². The molecule has 0 fully saturated rings. The summed E-state index contributed by atoms with van der Waals surface area (Å²) < 4.78 is 0.929. The zero-order valence-corrected chi connectivity index (χ0v) is 11.7. The van der Waals surface area contributed by atoms with Crippen molar-refractivity contribution in [2.24, 2.45) is 0 Å². The molecule has 1 rings (SSSR count). The van der Waals surface area contributed by atoms with Crippen LogP contribution in [0.4, 0.5) is 5.13 Å². The number of nitrogens with one attached hydrogen (secondary N) is 1. The second kappa shape index (κ2) is 8.11. The van der Waals surface area contributed by atoms with Gasteiger partial charge in [0.25, 0.3) is 0 Å². The molecule has 1 aromatic heterocycles. The maximum absolute atomic E-state index is 4.28. The molecule has 2 nitrogen and oxygen atoms in total. The van der Waals surface area contributed by atoms with Crippen molar-refractivity contribution >= 4 is 32.4 Å². The fraction of sp³-hybridized carbons (Fsp3) is 0.727. The summed E-state index contributed by atoms with van der Waals surface area (Å²) in [6.45, 7) is 3.30. The van der Waals surface area contributed by atoms with Crippen molar-refractivity contribution < 1.29 is 0 Å². The molecule has 4 heteroatoms. The SMILES string of the molecule is CCCCCCCCNc1nc(Br)cs1. The summed E-state index contributed by atoms with van der Waals surface area (Å²) >= 11 is 4.99. The molecule has 86 valence electrons. The first kappa shape index (κ1) is 13.0. The van der Waals surface area contributed by atoms with E-state index in [1.54, 1.807) is 11.3 Å². The lowest BCUT2D eigenvalue weighted by molar-refractivity contribution is 0.617. The fourth-order valence-corrected chi connectivity index (χ4v) is 2.61. The van der Waals surface area contributed by atoms with Gasteiger partial charge in [-0.15, -0.1) is 11.3 Å². The third-order valence-corrected chi connectivity index (χ3v) is 3.79. The van der Waals surface area contributed by atoms with Crippen molar-refractivity contribution in [3.63, 3.8) is 0 Å². The van der Waals surface area contributed by atoms with E-state index in [0.29, 0.717) is 0 Å². The van der Waals surface area contributed by atoms with Gasteiger partial charge in [-0.3, -0.25) is 0 Å². The molecule has 0 saturated carbocycles. The van der Waals surface area contributed by atoms with Gasteiger partial charge in [0.15, 0.2) is 5.13 Å². The second-order valence-corrected chi connectivity index (χ2v) is 5.34. The Morgan fingerprint density at radius 1 is 1.27 bits per heavy atom. The molecule has 0 aliphatic rings. The predicted molar refractivity (Wildman–Crippen MR) is 71.7 cm³/mol. The number of halogens is 1. The van der Waals surface area contributed by atoms with Gasteiger partial charge in [0, 0.05) is 11.9 Å². The van der Waals surface area contributed by atoms with E-state index in [1.807, 2.05) is 5.38 Å². The Morgan fingerprint density at radius 2 is 2.00 bits per heavy atom. The number of hydrogen-bond donors (Lipinski definition) is 1. The summed E-state index contributed by atoms with van der Waals surface area (Å²) in [6.07, 6.45) is 8.05. The second-order valence-electron chi connectivity index (χ2n) is 3.67. The lowest BCUT2D eigenvalue weighted by Gasteiger charge is -2.02. The molecule has 15 heavy (non-hydrogen) atoms. The minimum Gasteiger partial charge on any atom is -0.361 e. The Hall–Kier alpha value is -0.0900. The van der Waals surface area contributed by atoms with Gasteiger partial charge in [-0.1, -0.05) is 39.0 Å².